The molecule has 0 aromatic heterocycles. The number of ether oxygens (including phenoxy) is 1. The number of hydrogen-bond donors (Lipinski definition) is 0. The summed E-state index contributed by atoms with van der Waals surface area (Å²) < 4.78 is 4.86. The van der Waals surface area contributed by atoms with Gasteiger partial charge >= 0.3 is 5.97 Å². The second-order valence-corrected chi connectivity index (χ2v) is 2.83. The van der Waals surface area contributed by atoms with Crippen molar-refractivity contribution in [2.45, 2.75) is 6.42 Å². The van der Waals surface area contributed by atoms with Crippen LogP contribution < -0.4 is 0 Å². The molecular formula is C10H7NO2. The molecule has 0 saturated carbocycles. The molecule has 1 aliphatic rings. The highest BCUT2D eigenvalue weighted by Gasteiger charge is 2.20. The Labute approximate surface area is 75.6 Å². The van der Waals surface area contributed by atoms with Gasteiger partial charge in [0.25, 0.3) is 0 Å². The van der Waals surface area contributed by atoms with E-state index in [1.807, 2.05) is 0 Å². The molecular weight excluding hydrogens is 166 g/mol. The van der Waals surface area contributed by atoms with Crippen molar-refractivity contribution in [3.63, 3.8) is 0 Å². The number of rotatable bonds is 0. The molecule has 3 nitrogen and oxygen atoms in total. The van der Waals surface area contributed by atoms with Gasteiger partial charge in [-0.25, -0.2) is 4.79 Å². The normalized spacial score (nSPS) is 14.2. The van der Waals surface area contributed by atoms with Crippen LogP contribution in [-0.4, -0.2) is 12.6 Å². The Balaban J connectivity index is 2.63. The summed E-state index contributed by atoms with van der Waals surface area (Å²) in [5, 5.41) is 8.78. The molecule has 0 amide bonds. The summed E-state index contributed by atoms with van der Waals surface area (Å²) in [6, 6.07) is 7.18. The first-order valence-electron chi connectivity index (χ1n) is 4.02. The van der Waals surface area contributed by atoms with Crippen LogP contribution in [0.2, 0.25) is 0 Å². The average molecular weight is 173 g/mol. The molecule has 0 unspecified atom stereocenters. The summed E-state index contributed by atoms with van der Waals surface area (Å²) in [4.78, 5) is 11.2. The fourth-order valence-electron chi connectivity index (χ4n) is 1.48. The molecule has 0 saturated heterocycles. The maximum absolute atomic E-state index is 11.2. The van der Waals surface area contributed by atoms with Gasteiger partial charge < -0.3 is 4.74 Å². The molecule has 0 spiro atoms. The van der Waals surface area contributed by atoms with Gasteiger partial charge in [-0.3, -0.25) is 0 Å². The minimum absolute atomic E-state index is 0.321. The van der Waals surface area contributed by atoms with Crippen LogP contribution in [-0.2, 0) is 11.2 Å². The van der Waals surface area contributed by atoms with E-state index in [0.29, 0.717) is 24.2 Å². The van der Waals surface area contributed by atoms with E-state index in [9.17, 15) is 4.79 Å². The Hall–Kier alpha value is -1.82. The summed E-state index contributed by atoms with van der Waals surface area (Å²) >= 11 is 0. The average Bonchev–Trinajstić information content (AvgIpc) is 2.18. The summed E-state index contributed by atoms with van der Waals surface area (Å²) in [6.07, 6.45) is 0.644. The largest absolute Gasteiger partial charge is 0.462 e. The van der Waals surface area contributed by atoms with Crippen LogP contribution in [0.4, 0.5) is 0 Å². The standard InChI is InChI=1S/C10H7NO2/c11-6-7-2-1-3-9-8(7)4-5-13-10(9)12/h1-3H,4-5H2. The van der Waals surface area contributed by atoms with Gasteiger partial charge in [-0.1, -0.05) is 6.07 Å². The van der Waals surface area contributed by atoms with Crippen molar-refractivity contribution in [3.05, 3.63) is 34.9 Å². The number of cyclic esters (lactones) is 1. The zero-order valence-electron chi connectivity index (χ0n) is 6.91. The van der Waals surface area contributed by atoms with E-state index in [1.54, 1.807) is 18.2 Å². The van der Waals surface area contributed by atoms with E-state index in [-0.39, 0.29) is 5.97 Å². The lowest BCUT2D eigenvalue weighted by Crippen LogP contribution is -2.18. The minimum atomic E-state index is -0.321. The van der Waals surface area contributed by atoms with Crippen LogP contribution in [0.1, 0.15) is 21.5 Å². The van der Waals surface area contributed by atoms with Gasteiger partial charge in [0, 0.05) is 6.42 Å². The first-order valence-corrected chi connectivity index (χ1v) is 4.02. The number of nitriles is 1. The molecule has 1 aliphatic heterocycles. The number of esters is 1. The maximum atomic E-state index is 11.2. The van der Waals surface area contributed by atoms with Crippen LogP contribution in [0.5, 0.6) is 0 Å². The van der Waals surface area contributed by atoms with E-state index in [2.05, 4.69) is 6.07 Å². The van der Waals surface area contributed by atoms with Crippen molar-refractivity contribution < 1.29 is 9.53 Å². The van der Waals surface area contributed by atoms with Crippen LogP contribution in [0, 0.1) is 11.3 Å². The molecule has 1 aromatic rings. The zero-order valence-corrected chi connectivity index (χ0v) is 6.91. The molecule has 1 aromatic carbocycles. The Morgan fingerprint density at radius 2 is 2.31 bits per heavy atom. The molecule has 0 fully saturated rings. The molecule has 0 bridgehead atoms. The third kappa shape index (κ3) is 1.17. The van der Waals surface area contributed by atoms with Crippen molar-refractivity contribution in [3.8, 4) is 6.07 Å². The highest BCUT2D eigenvalue weighted by atomic mass is 16.5. The van der Waals surface area contributed by atoms with Crippen LogP contribution in [0.3, 0.4) is 0 Å². The first-order chi connectivity index (χ1) is 6.33. The van der Waals surface area contributed by atoms with Gasteiger partial charge in [-0.2, -0.15) is 5.26 Å². The minimum Gasteiger partial charge on any atom is -0.462 e. The molecule has 64 valence electrons. The van der Waals surface area contributed by atoms with E-state index < -0.39 is 0 Å². The molecule has 0 radical (unpaired) electrons. The second-order valence-electron chi connectivity index (χ2n) is 2.83. The van der Waals surface area contributed by atoms with Crippen molar-refractivity contribution in [2.24, 2.45) is 0 Å². The van der Waals surface area contributed by atoms with Gasteiger partial charge in [-0.05, 0) is 17.7 Å². The van der Waals surface area contributed by atoms with E-state index in [1.165, 1.54) is 0 Å². The summed E-state index contributed by atoms with van der Waals surface area (Å²) in [6.45, 7) is 0.379. The van der Waals surface area contributed by atoms with Crippen molar-refractivity contribution >= 4 is 5.97 Å². The second kappa shape index (κ2) is 2.91. The summed E-state index contributed by atoms with van der Waals surface area (Å²) in [5.74, 6) is -0.321. The smallest absolute Gasteiger partial charge is 0.338 e. The fraction of sp³-hybridized carbons (Fsp3) is 0.200. The predicted octanol–water partition coefficient (Wildman–Crippen LogP) is 1.27. The summed E-state index contributed by atoms with van der Waals surface area (Å²) in [5.41, 5.74) is 1.93. The fourth-order valence-corrected chi connectivity index (χ4v) is 1.48. The van der Waals surface area contributed by atoms with Crippen LogP contribution in [0.25, 0.3) is 0 Å². The van der Waals surface area contributed by atoms with Crippen molar-refractivity contribution in [1.29, 1.82) is 5.26 Å². The number of benzene rings is 1. The van der Waals surface area contributed by atoms with E-state index >= 15 is 0 Å². The predicted molar refractivity (Wildman–Crippen MR) is 45.1 cm³/mol. The van der Waals surface area contributed by atoms with Crippen molar-refractivity contribution in [2.75, 3.05) is 6.61 Å². The molecule has 1 heterocycles. The quantitative estimate of drug-likeness (QED) is 0.555. The highest BCUT2D eigenvalue weighted by Crippen LogP contribution is 2.19. The zero-order chi connectivity index (χ0) is 9.26. The lowest BCUT2D eigenvalue weighted by atomic mass is 9.98. The van der Waals surface area contributed by atoms with Crippen LogP contribution in [0.15, 0.2) is 18.2 Å². The first kappa shape index (κ1) is 7.81. The lowest BCUT2D eigenvalue weighted by Gasteiger charge is -2.15. The lowest BCUT2D eigenvalue weighted by molar-refractivity contribution is 0.0480. The van der Waals surface area contributed by atoms with E-state index in [4.69, 9.17) is 10.00 Å². The van der Waals surface area contributed by atoms with E-state index in [0.717, 1.165) is 5.56 Å². The van der Waals surface area contributed by atoms with Gasteiger partial charge in [0.15, 0.2) is 0 Å². The van der Waals surface area contributed by atoms with Gasteiger partial charge in [0.1, 0.15) is 0 Å². The SMILES string of the molecule is N#Cc1cccc2c1CCOC2=O. The Morgan fingerprint density at radius 1 is 1.46 bits per heavy atom. The molecule has 0 aliphatic carbocycles. The highest BCUT2D eigenvalue weighted by molar-refractivity contribution is 5.92. The van der Waals surface area contributed by atoms with Gasteiger partial charge in [0.2, 0.25) is 0 Å². The number of carbonyl (C=O) groups is 1. The van der Waals surface area contributed by atoms with Gasteiger partial charge in [-0.15, -0.1) is 0 Å². The maximum Gasteiger partial charge on any atom is 0.338 e. The summed E-state index contributed by atoms with van der Waals surface area (Å²) in [7, 11) is 0. The number of hydrogen-bond acceptors (Lipinski definition) is 3. The number of carbonyl (C=O) groups excluding carboxylic acids is 1. The van der Waals surface area contributed by atoms with Gasteiger partial charge in [0.05, 0.1) is 23.8 Å². The Kier molecular flexibility index (Phi) is 1.75. The Bertz CT molecular complexity index is 404. The molecule has 0 N–H and O–H groups in total. The molecule has 0 atom stereocenters. The number of nitrogens with zero attached hydrogens (tertiary/aromatic N) is 1. The third-order valence-electron chi connectivity index (χ3n) is 2.10. The number of fused-ring (bicyclic) bond motifs is 1. The topological polar surface area (TPSA) is 50.1 Å². The monoisotopic (exact) mass is 173 g/mol. The molecule has 13 heavy (non-hydrogen) atoms. The Morgan fingerprint density at radius 3 is 3.08 bits per heavy atom. The molecule has 2 rings (SSSR count). The third-order valence-corrected chi connectivity index (χ3v) is 2.10. The molecule has 3 heteroatoms. The van der Waals surface area contributed by atoms with Crippen molar-refractivity contribution in [1.82, 2.24) is 0 Å². The van der Waals surface area contributed by atoms with Crippen LogP contribution >= 0.6 is 0 Å².